The number of hydrogen-bond acceptors (Lipinski definition) is 8. The highest BCUT2D eigenvalue weighted by molar-refractivity contribution is 8.13. The van der Waals surface area contributed by atoms with Gasteiger partial charge in [0.1, 0.15) is 11.7 Å². The van der Waals surface area contributed by atoms with Crippen LogP contribution in [0.5, 0.6) is 0 Å². The molecule has 0 aliphatic rings. The highest BCUT2D eigenvalue weighted by Crippen LogP contribution is 2.19. The Morgan fingerprint density at radius 3 is 2.14 bits per heavy atom. The van der Waals surface area contributed by atoms with Gasteiger partial charge in [0.15, 0.2) is 5.12 Å². The number of nitrogens with one attached hydrogen (secondary N) is 2. The third-order valence-electron chi connectivity index (χ3n) is 3.69. The quantitative estimate of drug-likeness (QED) is 0.255. The van der Waals surface area contributed by atoms with Crippen molar-refractivity contribution in [3.05, 3.63) is 0 Å². The molecule has 0 saturated heterocycles. The van der Waals surface area contributed by atoms with Crippen LogP contribution in [0.1, 0.15) is 53.9 Å². The normalized spacial score (nSPS) is 12.8. The van der Waals surface area contributed by atoms with Crippen LogP contribution >= 0.6 is 11.8 Å². The van der Waals surface area contributed by atoms with Crippen LogP contribution in [0.15, 0.2) is 0 Å². The lowest BCUT2D eigenvalue weighted by molar-refractivity contribution is -0.155. The predicted molar refractivity (Wildman–Crippen MR) is 110 cm³/mol. The molecule has 0 spiro atoms. The molecule has 0 aromatic rings. The van der Waals surface area contributed by atoms with E-state index < -0.39 is 29.0 Å². The molecule has 0 heterocycles. The Morgan fingerprint density at radius 1 is 0.966 bits per heavy atom. The van der Waals surface area contributed by atoms with Crippen molar-refractivity contribution in [1.82, 2.24) is 10.6 Å². The molecule has 0 aromatic heterocycles. The first-order valence-corrected chi connectivity index (χ1v) is 10.5. The summed E-state index contributed by atoms with van der Waals surface area (Å²) in [6.07, 6.45) is -1.26. The summed E-state index contributed by atoms with van der Waals surface area (Å²) in [6, 6.07) is 0. The molecule has 0 rings (SSSR count). The van der Waals surface area contributed by atoms with E-state index >= 15 is 0 Å². The summed E-state index contributed by atoms with van der Waals surface area (Å²) in [7, 11) is 0. The van der Waals surface area contributed by atoms with Gasteiger partial charge in [0.25, 0.3) is 0 Å². The van der Waals surface area contributed by atoms with Gasteiger partial charge in [-0.3, -0.25) is 19.2 Å². The second kappa shape index (κ2) is 12.8. The summed E-state index contributed by atoms with van der Waals surface area (Å²) in [6.45, 7) is 8.35. The predicted octanol–water partition coefficient (Wildman–Crippen LogP) is 0.370. The zero-order chi connectivity index (χ0) is 22.7. The van der Waals surface area contributed by atoms with Crippen LogP contribution in [-0.4, -0.2) is 70.3 Å². The number of amides is 2. The zero-order valence-electron chi connectivity index (χ0n) is 17.9. The number of esters is 1. The summed E-state index contributed by atoms with van der Waals surface area (Å²) in [5, 5.41) is 23.9. The van der Waals surface area contributed by atoms with Gasteiger partial charge in [-0.15, -0.1) is 0 Å². The van der Waals surface area contributed by atoms with E-state index in [1.165, 1.54) is 0 Å². The fourth-order valence-electron chi connectivity index (χ4n) is 1.95. The van der Waals surface area contributed by atoms with Crippen molar-refractivity contribution in [3.63, 3.8) is 0 Å². The van der Waals surface area contributed by atoms with Crippen molar-refractivity contribution in [2.24, 2.45) is 5.41 Å². The van der Waals surface area contributed by atoms with E-state index in [9.17, 15) is 24.3 Å². The van der Waals surface area contributed by atoms with Gasteiger partial charge in [0, 0.05) is 37.1 Å². The first-order valence-electron chi connectivity index (χ1n) is 9.49. The van der Waals surface area contributed by atoms with E-state index in [-0.39, 0.29) is 50.0 Å². The summed E-state index contributed by atoms with van der Waals surface area (Å²) in [4.78, 5) is 46.8. The largest absolute Gasteiger partial charge is 0.460 e. The summed E-state index contributed by atoms with van der Waals surface area (Å²) < 4.78 is 5.12. The van der Waals surface area contributed by atoms with E-state index in [0.717, 1.165) is 11.8 Å². The number of rotatable bonds is 12. The van der Waals surface area contributed by atoms with E-state index in [4.69, 9.17) is 9.84 Å². The number of carbonyl (C=O) groups excluding carboxylic acids is 4. The van der Waals surface area contributed by atoms with Crippen molar-refractivity contribution >= 4 is 34.7 Å². The minimum atomic E-state index is -1.38. The van der Waals surface area contributed by atoms with Gasteiger partial charge in [-0.05, 0) is 20.8 Å². The molecule has 2 amide bonds. The molecule has 4 N–H and O–H groups in total. The van der Waals surface area contributed by atoms with Crippen LogP contribution in [0.3, 0.4) is 0 Å². The first-order chi connectivity index (χ1) is 13.3. The number of carbonyl (C=O) groups is 4. The van der Waals surface area contributed by atoms with E-state index in [1.807, 2.05) is 0 Å². The lowest BCUT2D eigenvalue weighted by Crippen LogP contribution is -2.46. The lowest BCUT2D eigenvalue weighted by atomic mass is 9.87. The Morgan fingerprint density at radius 2 is 1.59 bits per heavy atom. The van der Waals surface area contributed by atoms with Crippen molar-refractivity contribution in [3.8, 4) is 0 Å². The van der Waals surface area contributed by atoms with Gasteiger partial charge in [-0.1, -0.05) is 25.6 Å². The maximum atomic E-state index is 11.8. The molecule has 10 heteroatoms. The molecular formula is C19H34N2O7S. The molecule has 0 unspecified atom stereocenters. The highest BCUT2D eigenvalue weighted by Gasteiger charge is 2.32. The lowest BCUT2D eigenvalue weighted by Gasteiger charge is -2.27. The van der Waals surface area contributed by atoms with Gasteiger partial charge in [-0.25, -0.2) is 0 Å². The average Bonchev–Trinajstić information content (AvgIpc) is 2.61. The van der Waals surface area contributed by atoms with Crippen LogP contribution in [0.4, 0.5) is 0 Å². The van der Waals surface area contributed by atoms with Gasteiger partial charge in [0.05, 0.1) is 13.0 Å². The molecule has 29 heavy (non-hydrogen) atoms. The number of aliphatic hydroxyl groups excluding tert-OH is 2. The Kier molecular flexibility index (Phi) is 12.1. The van der Waals surface area contributed by atoms with Crippen molar-refractivity contribution in [1.29, 1.82) is 0 Å². The van der Waals surface area contributed by atoms with Crippen molar-refractivity contribution in [2.45, 2.75) is 65.6 Å². The topological polar surface area (TPSA) is 142 Å². The van der Waals surface area contributed by atoms with E-state index in [0.29, 0.717) is 5.75 Å². The molecule has 0 saturated carbocycles. The Balaban J connectivity index is 3.88. The van der Waals surface area contributed by atoms with Crippen LogP contribution in [0, 0.1) is 5.41 Å². The number of thioether (sulfide) groups is 1. The number of aliphatic hydroxyl groups is 2. The number of hydrogen-bond donors (Lipinski definition) is 4. The average molecular weight is 435 g/mol. The molecule has 0 aliphatic heterocycles. The zero-order valence-corrected chi connectivity index (χ0v) is 18.7. The molecule has 0 aliphatic carbocycles. The third-order valence-corrected chi connectivity index (χ3v) is 4.62. The molecule has 9 nitrogen and oxygen atoms in total. The molecule has 1 atom stereocenters. The SMILES string of the molecule is CC(C)(C)OC(=O)CCC(=O)SCCNC(=O)CCNC(=O)[C@H](O)C(C)(C)CO. The summed E-state index contributed by atoms with van der Waals surface area (Å²) in [5.74, 6) is -1.01. The van der Waals surface area contributed by atoms with Crippen molar-refractivity contribution < 1.29 is 34.1 Å². The van der Waals surface area contributed by atoms with E-state index in [1.54, 1.807) is 34.6 Å². The fourth-order valence-corrected chi connectivity index (χ4v) is 2.63. The Bertz CT molecular complexity index is 573. The van der Waals surface area contributed by atoms with Crippen LogP contribution in [-0.2, 0) is 23.9 Å². The van der Waals surface area contributed by atoms with Gasteiger partial charge in [0.2, 0.25) is 11.8 Å². The maximum Gasteiger partial charge on any atom is 0.306 e. The monoisotopic (exact) mass is 434 g/mol. The van der Waals surface area contributed by atoms with Crippen LogP contribution in [0.2, 0.25) is 0 Å². The highest BCUT2D eigenvalue weighted by atomic mass is 32.2. The molecule has 0 fully saturated rings. The van der Waals surface area contributed by atoms with Crippen molar-refractivity contribution in [2.75, 3.05) is 25.4 Å². The minimum Gasteiger partial charge on any atom is -0.460 e. The second-order valence-corrected chi connectivity index (χ2v) is 9.40. The third kappa shape index (κ3) is 13.2. The number of ether oxygens (including phenoxy) is 1. The molecule has 0 radical (unpaired) electrons. The summed E-state index contributed by atoms with van der Waals surface area (Å²) in [5.41, 5.74) is -1.55. The standard InChI is InChI=1S/C19H34N2O7S/c1-18(2,3)28-14(24)6-7-15(25)29-11-10-20-13(23)8-9-21-17(27)16(26)19(4,5)12-22/h16,22,26H,6-12H2,1-5H3,(H,20,23)(H,21,27)/t16-/m0/s1. The Hall–Kier alpha value is -1.65. The molecule has 168 valence electrons. The van der Waals surface area contributed by atoms with Crippen LogP contribution < -0.4 is 10.6 Å². The molecule has 0 bridgehead atoms. The maximum absolute atomic E-state index is 11.8. The smallest absolute Gasteiger partial charge is 0.306 e. The van der Waals surface area contributed by atoms with Gasteiger partial charge in [-0.2, -0.15) is 0 Å². The van der Waals surface area contributed by atoms with Gasteiger partial charge >= 0.3 is 5.97 Å². The summed E-state index contributed by atoms with van der Waals surface area (Å²) >= 11 is 1.03. The molecule has 0 aromatic carbocycles. The van der Waals surface area contributed by atoms with E-state index in [2.05, 4.69) is 10.6 Å². The second-order valence-electron chi connectivity index (χ2n) is 8.25. The Labute approximate surface area is 176 Å². The molecular weight excluding hydrogens is 400 g/mol. The van der Waals surface area contributed by atoms with Gasteiger partial charge < -0.3 is 25.6 Å². The fraction of sp³-hybridized carbons (Fsp3) is 0.789. The van der Waals surface area contributed by atoms with Crippen LogP contribution in [0.25, 0.3) is 0 Å². The minimum absolute atomic E-state index is 0.0219. The first kappa shape index (κ1) is 27.4.